The molecule has 0 saturated carbocycles. The minimum absolute atomic E-state index is 0.0641. The van der Waals surface area contributed by atoms with Gasteiger partial charge in [-0.15, -0.1) is 3.89 Å². The molecular weight excluding hydrogens is 195 g/mol. The standard InChI is InChI=1S/C8H17FO3S/c1-8(2,3)5-7(12-4)6-13(9,10)11/h7H,5-6H2,1-4H3. The highest BCUT2D eigenvalue weighted by Gasteiger charge is 2.23. The van der Waals surface area contributed by atoms with Crippen LogP contribution in [0.15, 0.2) is 0 Å². The minimum Gasteiger partial charge on any atom is -0.380 e. The molecule has 0 aliphatic carbocycles. The van der Waals surface area contributed by atoms with Crippen LogP contribution in [0, 0.1) is 5.41 Å². The van der Waals surface area contributed by atoms with Crippen LogP contribution in [-0.2, 0) is 15.0 Å². The van der Waals surface area contributed by atoms with Crippen molar-refractivity contribution in [1.82, 2.24) is 0 Å². The first kappa shape index (κ1) is 12.8. The quantitative estimate of drug-likeness (QED) is 0.667. The van der Waals surface area contributed by atoms with Gasteiger partial charge in [-0.3, -0.25) is 0 Å². The molecule has 0 radical (unpaired) electrons. The van der Waals surface area contributed by atoms with Gasteiger partial charge in [0.2, 0.25) is 0 Å². The SMILES string of the molecule is COC(CC(C)(C)C)CS(=O)(=O)F. The summed E-state index contributed by atoms with van der Waals surface area (Å²) in [6, 6.07) is 0. The van der Waals surface area contributed by atoms with E-state index in [0.717, 1.165) is 0 Å². The molecule has 0 rings (SSSR count). The molecule has 1 unspecified atom stereocenters. The van der Waals surface area contributed by atoms with Gasteiger partial charge in [-0.2, -0.15) is 8.42 Å². The summed E-state index contributed by atoms with van der Waals surface area (Å²) in [5.74, 6) is -0.555. The van der Waals surface area contributed by atoms with Gasteiger partial charge >= 0.3 is 10.2 Å². The molecule has 0 aromatic heterocycles. The molecule has 5 heteroatoms. The first-order valence-corrected chi connectivity index (χ1v) is 5.64. The number of hydrogen-bond donors (Lipinski definition) is 0. The summed E-state index contributed by atoms with van der Waals surface area (Å²) in [5.41, 5.74) is -0.0641. The van der Waals surface area contributed by atoms with Crippen LogP contribution in [0.5, 0.6) is 0 Å². The lowest BCUT2D eigenvalue weighted by Crippen LogP contribution is -2.26. The first-order chi connectivity index (χ1) is 5.64. The Morgan fingerprint density at radius 1 is 1.38 bits per heavy atom. The maximum atomic E-state index is 12.3. The van der Waals surface area contributed by atoms with E-state index in [-0.39, 0.29) is 5.41 Å². The van der Waals surface area contributed by atoms with Crippen LogP contribution >= 0.6 is 0 Å². The molecule has 0 saturated heterocycles. The van der Waals surface area contributed by atoms with Gasteiger partial charge in [0.15, 0.2) is 0 Å². The van der Waals surface area contributed by atoms with E-state index in [9.17, 15) is 12.3 Å². The van der Waals surface area contributed by atoms with Crippen molar-refractivity contribution >= 4 is 10.2 Å². The predicted octanol–water partition coefficient (Wildman–Crippen LogP) is 1.74. The Morgan fingerprint density at radius 3 is 2.08 bits per heavy atom. The Kier molecular flexibility index (Phi) is 4.32. The monoisotopic (exact) mass is 212 g/mol. The molecule has 0 fully saturated rings. The topological polar surface area (TPSA) is 43.4 Å². The predicted molar refractivity (Wildman–Crippen MR) is 49.8 cm³/mol. The van der Waals surface area contributed by atoms with Crippen LogP contribution in [-0.4, -0.2) is 27.4 Å². The van der Waals surface area contributed by atoms with Crippen LogP contribution in [0.25, 0.3) is 0 Å². The average molecular weight is 212 g/mol. The van der Waals surface area contributed by atoms with Gasteiger partial charge in [-0.05, 0) is 11.8 Å². The Labute approximate surface area is 79.5 Å². The Bertz CT molecular complexity index is 241. The van der Waals surface area contributed by atoms with E-state index >= 15 is 0 Å². The fourth-order valence-electron chi connectivity index (χ4n) is 1.12. The molecule has 13 heavy (non-hydrogen) atoms. The van der Waals surface area contributed by atoms with Crippen molar-refractivity contribution in [2.75, 3.05) is 12.9 Å². The summed E-state index contributed by atoms with van der Waals surface area (Å²) in [6.07, 6.45) is -0.0397. The maximum Gasteiger partial charge on any atom is 0.304 e. The minimum atomic E-state index is -4.43. The second-order valence-corrected chi connectivity index (χ2v) is 5.74. The molecule has 0 aliphatic heterocycles. The average Bonchev–Trinajstić information content (AvgIpc) is 1.79. The summed E-state index contributed by atoms with van der Waals surface area (Å²) in [7, 11) is -3.04. The van der Waals surface area contributed by atoms with Crippen molar-refractivity contribution in [1.29, 1.82) is 0 Å². The molecule has 0 heterocycles. The van der Waals surface area contributed by atoms with E-state index < -0.39 is 22.1 Å². The summed E-state index contributed by atoms with van der Waals surface area (Å²) in [6.45, 7) is 5.84. The number of ether oxygens (including phenoxy) is 1. The highest BCUT2D eigenvalue weighted by atomic mass is 32.3. The number of halogens is 1. The molecule has 80 valence electrons. The lowest BCUT2D eigenvalue weighted by atomic mass is 9.90. The number of rotatable bonds is 4. The molecule has 0 aromatic carbocycles. The van der Waals surface area contributed by atoms with Gasteiger partial charge in [-0.25, -0.2) is 0 Å². The zero-order valence-corrected chi connectivity index (χ0v) is 9.32. The normalized spacial score (nSPS) is 15.8. The Hall–Kier alpha value is -0.160. The van der Waals surface area contributed by atoms with Gasteiger partial charge < -0.3 is 4.74 Å². The molecule has 0 aromatic rings. The van der Waals surface area contributed by atoms with Crippen molar-refractivity contribution in [2.45, 2.75) is 33.3 Å². The summed E-state index contributed by atoms with van der Waals surface area (Å²) >= 11 is 0. The largest absolute Gasteiger partial charge is 0.380 e. The molecule has 0 aliphatic rings. The van der Waals surface area contributed by atoms with Gasteiger partial charge in [0.25, 0.3) is 0 Å². The van der Waals surface area contributed by atoms with Gasteiger partial charge in [-0.1, -0.05) is 20.8 Å². The van der Waals surface area contributed by atoms with Gasteiger partial charge in [0, 0.05) is 7.11 Å². The Balaban J connectivity index is 4.22. The van der Waals surface area contributed by atoms with Crippen LogP contribution < -0.4 is 0 Å². The molecule has 0 bridgehead atoms. The molecule has 1 atom stereocenters. The van der Waals surface area contributed by atoms with Crippen molar-refractivity contribution in [3.05, 3.63) is 0 Å². The maximum absolute atomic E-state index is 12.3. The lowest BCUT2D eigenvalue weighted by Gasteiger charge is -2.23. The Morgan fingerprint density at radius 2 is 1.85 bits per heavy atom. The second-order valence-electron chi connectivity index (χ2n) is 4.33. The van der Waals surface area contributed by atoms with Crippen LogP contribution in [0.2, 0.25) is 0 Å². The second kappa shape index (κ2) is 4.37. The van der Waals surface area contributed by atoms with E-state index in [0.29, 0.717) is 6.42 Å². The molecular formula is C8H17FO3S. The highest BCUT2D eigenvalue weighted by molar-refractivity contribution is 7.86. The third-order valence-electron chi connectivity index (χ3n) is 1.56. The zero-order chi connectivity index (χ0) is 10.7. The van der Waals surface area contributed by atoms with Crippen LogP contribution in [0.1, 0.15) is 27.2 Å². The van der Waals surface area contributed by atoms with E-state index in [1.54, 1.807) is 0 Å². The first-order valence-electron chi connectivity index (χ1n) is 4.09. The van der Waals surface area contributed by atoms with Gasteiger partial charge in [0.1, 0.15) is 5.75 Å². The van der Waals surface area contributed by atoms with Gasteiger partial charge in [0.05, 0.1) is 6.10 Å². The highest BCUT2D eigenvalue weighted by Crippen LogP contribution is 2.22. The number of methoxy groups -OCH3 is 1. The zero-order valence-electron chi connectivity index (χ0n) is 8.50. The lowest BCUT2D eigenvalue weighted by molar-refractivity contribution is 0.0822. The van der Waals surface area contributed by atoms with E-state index in [4.69, 9.17) is 4.74 Å². The fraction of sp³-hybridized carbons (Fsp3) is 1.00. The fourth-order valence-corrected chi connectivity index (χ4v) is 1.81. The third kappa shape index (κ3) is 8.18. The van der Waals surface area contributed by atoms with Crippen LogP contribution in [0.3, 0.4) is 0 Å². The number of hydrogen-bond acceptors (Lipinski definition) is 3. The molecule has 0 N–H and O–H groups in total. The van der Waals surface area contributed by atoms with E-state index in [1.165, 1.54) is 7.11 Å². The molecule has 0 spiro atoms. The summed E-state index contributed by atoms with van der Waals surface area (Å²) in [4.78, 5) is 0. The van der Waals surface area contributed by atoms with E-state index in [1.807, 2.05) is 20.8 Å². The summed E-state index contributed by atoms with van der Waals surface area (Å²) in [5, 5.41) is 0. The summed E-state index contributed by atoms with van der Waals surface area (Å²) < 4.78 is 37.9. The van der Waals surface area contributed by atoms with Crippen molar-refractivity contribution in [2.24, 2.45) is 5.41 Å². The molecule has 3 nitrogen and oxygen atoms in total. The molecule has 0 amide bonds. The third-order valence-corrected chi connectivity index (χ3v) is 2.33. The van der Waals surface area contributed by atoms with Crippen LogP contribution in [0.4, 0.5) is 3.89 Å². The van der Waals surface area contributed by atoms with Crippen molar-refractivity contribution in [3.63, 3.8) is 0 Å². The van der Waals surface area contributed by atoms with Crippen molar-refractivity contribution < 1.29 is 17.0 Å². The van der Waals surface area contributed by atoms with Crippen molar-refractivity contribution in [3.8, 4) is 0 Å². The smallest absolute Gasteiger partial charge is 0.304 e. The van der Waals surface area contributed by atoms with E-state index in [2.05, 4.69) is 0 Å².